The number of aromatic nitrogens is 4. The van der Waals surface area contributed by atoms with E-state index in [4.69, 9.17) is 22.1 Å². The zero-order valence-electron chi connectivity index (χ0n) is 14.3. The number of aryl methyl sites for hydroxylation is 1. The SMILES string of the molecule is CC[C@@]12CN(c3ccnc(Cl)n3)[C@@H]([C@H](n3cc(C)c(N)nc3=O)O1)[C@@H]2O. The number of hydrogen-bond acceptors (Lipinski definition) is 8. The molecule has 2 bridgehead atoms. The minimum Gasteiger partial charge on any atom is -0.388 e. The van der Waals surface area contributed by atoms with Crippen LogP contribution in [0.4, 0.5) is 11.6 Å². The first-order chi connectivity index (χ1) is 12.4. The van der Waals surface area contributed by atoms with Crippen molar-refractivity contribution in [2.75, 3.05) is 17.2 Å². The molecule has 0 radical (unpaired) electrons. The van der Waals surface area contributed by atoms with Crippen LogP contribution in [-0.2, 0) is 4.74 Å². The molecule has 3 N–H and O–H groups in total. The molecule has 26 heavy (non-hydrogen) atoms. The minimum atomic E-state index is -0.804. The van der Waals surface area contributed by atoms with Crippen LogP contribution in [0.2, 0.25) is 5.28 Å². The Hall–Kier alpha value is -2.23. The molecular formula is C16H19ClN6O3. The van der Waals surface area contributed by atoms with Gasteiger partial charge in [-0.2, -0.15) is 4.98 Å². The van der Waals surface area contributed by atoms with Crippen molar-refractivity contribution in [2.24, 2.45) is 0 Å². The summed E-state index contributed by atoms with van der Waals surface area (Å²) >= 11 is 5.93. The lowest BCUT2D eigenvalue weighted by molar-refractivity contribution is -0.106. The van der Waals surface area contributed by atoms with E-state index in [0.717, 1.165) is 0 Å². The van der Waals surface area contributed by atoms with Crippen molar-refractivity contribution in [2.45, 2.75) is 44.2 Å². The van der Waals surface area contributed by atoms with Crippen molar-refractivity contribution in [1.29, 1.82) is 0 Å². The van der Waals surface area contributed by atoms with Crippen molar-refractivity contribution in [3.8, 4) is 0 Å². The molecule has 2 aromatic rings. The molecule has 2 aromatic heterocycles. The summed E-state index contributed by atoms with van der Waals surface area (Å²) in [5.41, 5.74) is 5.05. The third-order valence-corrected chi connectivity index (χ3v) is 5.44. The van der Waals surface area contributed by atoms with Gasteiger partial charge in [-0.3, -0.25) is 4.57 Å². The number of nitrogens with two attached hydrogens (primary N) is 1. The Labute approximate surface area is 154 Å². The average molecular weight is 379 g/mol. The van der Waals surface area contributed by atoms with Gasteiger partial charge in [0.15, 0.2) is 6.23 Å². The number of halogens is 1. The van der Waals surface area contributed by atoms with Crippen molar-refractivity contribution >= 4 is 23.2 Å². The van der Waals surface area contributed by atoms with Gasteiger partial charge in [0.05, 0.1) is 6.54 Å². The fourth-order valence-electron chi connectivity index (χ4n) is 3.80. The Bertz CT molecular complexity index is 921. The van der Waals surface area contributed by atoms with Crippen LogP contribution in [0, 0.1) is 6.92 Å². The van der Waals surface area contributed by atoms with E-state index < -0.39 is 29.7 Å². The van der Waals surface area contributed by atoms with Crippen LogP contribution in [0.5, 0.6) is 0 Å². The van der Waals surface area contributed by atoms with Crippen LogP contribution in [0.3, 0.4) is 0 Å². The van der Waals surface area contributed by atoms with Crippen molar-refractivity contribution in [3.05, 3.63) is 39.8 Å². The van der Waals surface area contributed by atoms with Crippen LogP contribution in [-0.4, -0.2) is 48.9 Å². The van der Waals surface area contributed by atoms with E-state index in [9.17, 15) is 9.90 Å². The smallest absolute Gasteiger partial charge is 0.351 e. The second kappa shape index (κ2) is 5.90. The molecular weight excluding hydrogens is 360 g/mol. The maximum Gasteiger partial charge on any atom is 0.351 e. The lowest BCUT2D eigenvalue weighted by atomic mass is 9.96. The number of anilines is 2. The standard InChI is InChI=1S/C16H19ClN6O3/c1-3-16-7-23(9-4-5-19-14(17)20-9)10(11(16)24)13(26-16)22-6-8(2)12(18)21-15(22)25/h4-6,10-11,13,24H,3,7H2,1-2H3,(H2,18,21,25)/t10-,11+,13-,16+/m1/s1. The maximum absolute atomic E-state index is 12.4. The van der Waals surface area contributed by atoms with Crippen molar-refractivity contribution in [3.63, 3.8) is 0 Å². The molecule has 0 saturated carbocycles. The lowest BCUT2D eigenvalue weighted by Crippen LogP contribution is -2.48. The summed E-state index contributed by atoms with van der Waals surface area (Å²) in [6, 6.07) is 1.21. The number of rotatable bonds is 3. The quantitative estimate of drug-likeness (QED) is 0.741. The Kier molecular flexibility index (Phi) is 3.90. The van der Waals surface area contributed by atoms with Gasteiger partial charge in [0.1, 0.15) is 29.4 Å². The zero-order chi connectivity index (χ0) is 18.6. The third-order valence-electron chi connectivity index (χ3n) is 5.26. The molecule has 138 valence electrons. The van der Waals surface area contributed by atoms with Crippen LogP contribution < -0.4 is 16.3 Å². The van der Waals surface area contributed by atoms with E-state index in [1.165, 1.54) is 4.57 Å². The Balaban J connectivity index is 1.81. The average Bonchev–Trinajstić information content (AvgIpc) is 3.06. The summed E-state index contributed by atoms with van der Waals surface area (Å²) in [7, 11) is 0. The molecule has 10 heteroatoms. The first kappa shape index (κ1) is 17.2. The number of ether oxygens (including phenoxy) is 1. The first-order valence-corrected chi connectivity index (χ1v) is 8.70. The van der Waals surface area contributed by atoms with Gasteiger partial charge in [0.25, 0.3) is 0 Å². The number of morpholine rings is 1. The molecule has 9 nitrogen and oxygen atoms in total. The van der Waals surface area contributed by atoms with Crippen LogP contribution in [0.1, 0.15) is 25.1 Å². The number of nitrogens with zero attached hydrogens (tertiary/aromatic N) is 5. The summed E-state index contributed by atoms with van der Waals surface area (Å²) in [5.74, 6) is 0.755. The van der Waals surface area contributed by atoms with E-state index in [1.807, 2.05) is 11.8 Å². The van der Waals surface area contributed by atoms with E-state index in [2.05, 4.69) is 15.0 Å². The van der Waals surface area contributed by atoms with E-state index in [-0.39, 0.29) is 11.1 Å². The summed E-state index contributed by atoms with van der Waals surface area (Å²) in [6.45, 7) is 4.14. The third kappa shape index (κ3) is 2.38. The molecule has 2 aliphatic heterocycles. The van der Waals surface area contributed by atoms with E-state index in [0.29, 0.717) is 24.3 Å². The number of hydrogen-bond donors (Lipinski definition) is 2. The normalized spacial score (nSPS) is 30.2. The number of aliphatic hydroxyl groups excluding tert-OH is 1. The highest BCUT2D eigenvalue weighted by Crippen LogP contribution is 2.49. The molecule has 0 unspecified atom stereocenters. The first-order valence-electron chi connectivity index (χ1n) is 8.32. The molecule has 0 aliphatic carbocycles. The fourth-order valence-corrected chi connectivity index (χ4v) is 3.95. The minimum absolute atomic E-state index is 0.116. The second-order valence-corrected chi connectivity index (χ2v) is 7.01. The monoisotopic (exact) mass is 378 g/mol. The van der Waals surface area contributed by atoms with Crippen LogP contribution >= 0.6 is 11.6 Å². The van der Waals surface area contributed by atoms with Gasteiger partial charge in [-0.25, -0.2) is 14.8 Å². The highest BCUT2D eigenvalue weighted by Gasteiger charge is 2.63. The summed E-state index contributed by atoms with van der Waals surface area (Å²) in [6.07, 6.45) is 2.23. The summed E-state index contributed by atoms with van der Waals surface area (Å²) in [4.78, 5) is 26.3. The Morgan fingerprint density at radius 2 is 2.27 bits per heavy atom. The summed E-state index contributed by atoms with van der Waals surface area (Å²) in [5, 5.41) is 11.0. The van der Waals surface area contributed by atoms with E-state index in [1.54, 1.807) is 25.4 Å². The summed E-state index contributed by atoms with van der Waals surface area (Å²) < 4.78 is 7.55. The van der Waals surface area contributed by atoms with Gasteiger partial charge in [-0.05, 0) is 31.0 Å². The molecule has 0 aromatic carbocycles. The zero-order valence-corrected chi connectivity index (χ0v) is 15.1. The van der Waals surface area contributed by atoms with Gasteiger partial charge < -0.3 is 20.5 Å². The predicted molar refractivity (Wildman–Crippen MR) is 95.0 cm³/mol. The molecule has 2 saturated heterocycles. The Morgan fingerprint density at radius 3 is 2.92 bits per heavy atom. The van der Waals surface area contributed by atoms with Crippen molar-refractivity contribution in [1.82, 2.24) is 19.5 Å². The van der Waals surface area contributed by atoms with Gasteiger partial charge in [0.2, 0.25) is 5.28 Å². The number of fused-ring (bicyclic) bond motifs is 2. The largest absolute Gasteiger partial charge is 0.388 e. The molecule has 0 amide bonds. The van der Waals surface area contributed by atoms with Crippen molar-refractivity contribution < 1.29 is 9.84 Å². The van der Waals surface area contributed by atoms with Crippen LogP contribution in [0.25, 0.3) is 0 Å². The molecule has 2 aliphatic rings. The van der Waals surface area contributed by atoms with Gasteiger partial charge >= 0.3 is 5.69 Å². The lowest BCUT2D eigenvalue weighted by Gasteiger charge is -2.37. The molecule has 2 fully saturated rings. The number of nitrogen functional groups attached to an aromatic ring is 1. The van der Waals surface area contributed by atoms with E-state index >= 15 is 0 Å². The van der Waals surface area contributed by atoms with Gasteiger partial charge in [-0.15, -0.1) is 0 Å². The second-order valence-electron chi connectivity index (χ2n) is 6.67. The maximum atomic E-state index is 12.4. The topological polar surface area (TPSA) is 119 Å². The fraction of sp³-hybridized carbons (Fsp3) is 0.500. The Morgan fingerprint density at radius 1 is 1.50 bits per heavy atom. The highest BCUT2D eigenvalue weighted by molar-refractivity contribution is 6.28. The predicted octanol–water partition coefficient (Wildman–Crippen LogP) is 0.505. The van der Waals surface area contributed by atoms with Gasteiger partial charge in [0, 0.05) is 18.0 Å². The molecule has 0 spiro atoms. The molecule has 4 atom stereocenters. The molecule has 4 rings (SSSR count). The highest BCUT2D eigenvalue weighted by atomic mass is 35.5. The molecule has 4 heterocycles. The van der Waals surface area contributed by atoms with Gasteiger partial charge in [-0.1, -0.05) is 6.92 Å². The van der Waals surface area contributed by atoms with Crippen LogP contribution in [0.15, 0.2) is 23.3 Å². The number of aliphatic hydroxyl groups is 1.